The van der Waals surface area contributed by atoms with Crippen LogP contribution in [0.25, 0.3) is 10.6 Å². The fraction of sp³-hybridized carbons (Fsp3) is 0.0741. The van der Waals surface area contributed by atoms with Gasteiger partial charge in [0.05, 0.1) is 22.2 Å². The van der Waals surface area contributed by atoms with Gasteiger partial charge >= 0.3 is 0 Å². The zero-order chi connectivity index (χ0) is 23.8. The standard InChI is InChI=1S/C27H19FN2O3S/c1-16-25(34-26(29-16)17-10-4-2-5-11-17)23(31)21-22(19-14-8-9-15-20(19)28)30(27(33)24(21)32)18-12-6-3-7-13-18/h2-15,22,32H,1H3. The summed E-state index contributed by atoms with van der Waals surface area (Å²) in [4.78, 5) is 33.1. The first-order chi connectivity index (χ1) is 16.5. The summed E-state index contributed by atoms with van der Waals surface area (Å²) in [6, 6.07) is 22.9. The molecule has 0 saturated heterocycles. The summed E-state index contributed by atoms with van der Waals surface area (Å²) >= 11 is 1.18. The van der Waals surface area contributed by atoms with Crippen molar-refractivity contribution in [2.24, 2.45) is 0 Å². The Hall–Kier alpha value is -4.10. The molecule has 5 nitrogen and oxygen atoms in total. The maximum atomic E-state index is 15.0. The van der Waals surface area contributed by atoms with Crippen molar-refractivity contribution in [3.8, 4) is 10.6 Å². The van der Waals surface area contributed by atoms with E-state index in [2.05, 4.69) is 4.98 Å². The minimum Gasteiger partial charge on any atom is -0.503 e. The molecule has 0 fully saturated rings. The molecule has 1 unspecified atom stereocenters. The van der Waals surface area contributed by atoms with Crippen LogP contribution in [-0.2, 0) is 4.79 Å². The molecule has 1 atom stereocenters. The molecule has 5 rings (SSSR count). The number of ketones is 1. The SMILES string of the molecule is Cc1nc(-c2ccccc2)sc1C(=O)C1=C(O)C(=O)N(c2ccccc2)C1c1ccccc1F. The third-order valence-electron chi connectivity index (χ3n) is 5.71. The molecule has 7 heteroatoms. The Kier molecular flexibility index (Phi) is 5.55. The summed E-state index contributed by atoms with van der Waals surface area (Å²) in [5.74, 6) is -2.56. The lowest BCUT2D eigenvalue weighted by molar-refractivity contribution is -0.117. The van der Waals surface area contributed by atoms with Gasteiger partial charge in [0.15, 0.2) is 5.76 Å². The number of aryl methyl sites for hydroxylation is 1. The average molecular weight is 471 g/mol. The van der Waals surface area contributed by atoms with Crippen molar-refractivity contribution in [1.82, 2.24) is 4.98 Å². The topological polar surface area (TPSA) is 70.5 Å². The first-order valence-electron chi connectivity index (χ1n) is 10.6. The number of aromatic nitrogens is 1. The molecular weight excluding hydrogens is 451 g/mol. The largest absolute Gasteiger partial charge is 0.503 e. The highest BCUT2D eigenvalue weighted by atomic mass is 32.1. The number of thiazole rings is 1. The van der Waals surface area contributed by atoms with Crippen LogP contribution in [0.1, 0.15) is 27.0 Å². The summed E-state index contributed by atoms with van der Waals surface area (Å²) in [6.07, 6.45) is 0. The van der Waals surface area contributed by atoms with Crippen molar-refractivity contribution in [3.05, 3.63) is 118 Å². The Morgan fingerprint density at radius 1 is 0.971 bits per heavy atom. The first kappa shape index (κ1) is 21.7. The van der Waals surface area contributed by atoms with Gasteiger partial charge in [-0.05, 0) is 25.1 Å². The van der Waals surface area contributed by atoms with Crippen LogP contribution in [0.5, 0.6) is 0 Å². The van der Waals surface area contributed by atoms with Gasteiger partial charge < -0.3 is 5.11 Å². The number of benzene rings is 3. The predicted octanol–water partition coefficient (Wildman–Crippen LogP) is 6.04. The van der Waals surface area contributed by atoms with E-state index < -0.39 is 29.3 Å². The molecule has 1 amide bonds. The number of aliphatic hydroxyl groups excluding tert-OH is 1. The molecule has 34 heavy (non-hydrogen) atoms. The number of anilines is 1. The Balaban J connectivity index is 1.65. The van der Waals surface area contributed by atoms with Crippen molar-refractivity contribution < 1.29 is 19.1 Å². The third kappa shape index (κ3) is 3.60. The zero-order valence-electron chi connectivity index (χ0n) is 18.1. The Morgan fingerprint density at radius 3 is 2.26 bits per heavy atom. The zero-order valence-corrected chi connectivity index (χ0v) is 18.9. The first-order valence-corrected chi connectivity index (χ1v) is 11.4. The van der Waals surface area contributed by atoms with Gasteiger partial charge in [-0.3, -0.25) is 14.5 Å². The molecule has 3 aromatic carbocycles. The van der Waals surface area contributed by atoms with Gasteiger partial charge in [0, 0.05) is 16.8 Å². The maximum Gasteiger partial charge on any atom is 0.294 e. The molecule has 0 saturated carbocycles. The number of Topliss-reactive ketones (excluding diaryl/α,β-unsaturated/α-hetero) is 1. The molecular formula is C27H19FN2O3S. The Bertz CT molecular complexity index is 1430. The number of aliphatic hydroxyl groups is 1. The average Bonchev–Trinajstić information content (AvgIpc) is 3.37. The van der Waals surface area contributed by atoms with Crippen LogP contribution < -0.4 is 4.90 Å². The Labute approximate surface area is 199 Å². The minimum atomic E-state index is -1.12. The van der Waals surface area contributed by atoms with Crippen LogP contribution in [0.3, 0.4) is 0 Å². The number of amides is 1. The molecule has 0 bridgehead atoms. The van der Waals surface area contributed by atoms with Gasteiger partial charge in [0.2, 0.25) is 5.78 Å². The van der Waals surface area contributed by atoms with Crippen LogP contribution in [0, 0.1) is 12.7 Å². The summed E-state index contributed by atoms with van der Waals surface area (Å²) in [7, 11) is 0. The van der Waals surface area contributed by atoms with Crippen LogP contribution in [0.15, 0.2) is 96.3 Å². The van der Waals surface area contributed by atoms with Gasteiger partial charge in [0.25, 0.3) is 5.91 Å². The summed E-state index contributed by atoms with van der Waals surface area (Å²) in [5.41, 5.74) is 1.74. The van der Waals surface area contributed by atoms with E-state index in [1.807, 2.05) is 30.3 Å². The fourth-order valence-electron chi connectivity index (χ4n) is 4.12. The fourth-order valence-corrected chi connectivity index (χ4v) is 5.14. The minimum absolute atomic E-state index is 0.123. The Morgan fingerprint density at radius 2 is 1.59 bits per heavy atom. The van der Waals surface area contributed by atoms with Crippen LogP contribution in [-0.4, -0.2) is 21.8 Å². The number of hydrogen-bond donors (Lipinski definition) is 1. The van der Waals surface area contributed by atoms with E-state index in [0.29, 0.717) is 21.3 Å². The second kappa shape index (κ2) is 8.68. The molecule has 1 N–H and O–H groups in total. The highest BCUT2D eigenvalue weighted by Crippen LogP contribution is 2.43. The molecule has 0 radical (unpaired) electrons. The van der Waals surface area contributed by atoms with Crippen molar-refractivity contribution in [2.75, 3.05) is 4.90 Å². The highest BCUT2D eigenvalue weighted by molar-refractivity contribution is 7.17. The third-order valence-corrected chi connectivity index (χ3v) is 6.92. The second-order valence-electron chi connectivity index (χ2n) is 7.83. The van der Waals surface area contributed by atoms with E-state index in [-0.39, 0.29) is 11.1 Å². The quantitative estimate of drug-likeness (QED) is 0.361. The number of carbonyl (C=O) groups is 2. The number of hydrogen-bond acceptors (Lipinski definition) is 5. The molecule has 2 heterocycles. The number of halogens is 1. The lowest BCUT2D eigenvalue weighted by Crippen LogP contribution is -2.31. The van der Waals surface area contributed by atoms with E-state index >= 15 is 0 Å². The summed E-state index contributed by atoms with van der Waals surface area (Å²) in [5, 5.41) is 11.5. The number of nitrogens with zero attached hydrogens (tertiary/aromatic N) is 2. The van der Waals surface area contributed by atoms with Crippen molar-refractivity contribution in [3.63, 3.8) is 0 Å². The number of para-hydroxylation sites is 1. The van der Waals surface area contributed by atoms with E-state index in [1.54, 1.807) is 43.3 Å². The molecule has 1 aliphatic heterocycles. The van der Waals surface area contributed by atoms with Crippen molar-refractivity contribution in [1.29, 1.82) is 0 Å². The van der Waals surface area contributed by atoms with E-state index in [0.717, 1.165) is 5.56 Å². The van der Waals surface area contributed by atoms with E-state index in [4.69, 9.17) is 0 Å². The van der Waals surface area contributed by atoms with Gasteiger partial charge in [-0.2, -0.15) is 0 Å². The molecule has 1 aromatic heterocycles. The van der Waals surface area contributed by atoms with Crippen LogP contribution in [0.2, 0.25) is 0 Å². The molecule has 168 valence electrons. The van der Waals surface area contributed by atoms with Gasteiger partial charge in [-0.1, -0.05) is 66.7 Å². The molecule has 1 aliphatic rings. The lowest BCUT2D eigenvalue weighted by atomic mass is 9.94. The normalized spacial score (nSPS) is 15.8. The molecule has 4 aromatic rings. The molecule has 0 spiro atoms. The van der Waals surface area contributed by atoms with Crippen LogP contribution in [0.4, 0.5) is 10.1 Å². The highest BCUT2D eigenvalue weighted by Gasteiger charge is 2.46. The van der Waals surface area contributed by atoms with Gasteiger partial charge in [-0.25, -0.2) is 9.37 Å². The van der Waals surface area contributed by atoms with Crippen molar-refractivity contribution >= 4 is 28.7 Å². The predicted molar refractivity (Wildman–Crippen MR) is 129 cm³/mol. The van der Waals surface area contributed by atoms with Gasteiger partial charge in [0.1, 0.15) is 10.8 Å². The number of carbonyl (C=O) groups excluding carboxylic acids is 2. The maximum absolute atomic E-state index is 15.0. The molecule has 0 aliphatic carbocycles. The van der Waals surface area contributed by atoms with E-state index in [9.17, 15) is 19.1 Å². The summed E-state index contributed by atoms with van der Waals surface area (Å²) < 4.78 is 15.0. The van der Waals surface area contributed by atoms with Gasteiger partial charge in [-0.15, -0.1) is 11.3 Å². The monoisotopic (exact) mass is 470 g/mol. The van der Waals surface area contributed by atoms with E-state index in [1.165, 1.54) is 34.4 Å². The van der Waals surface area contributed by atoms with Crippen LogP contribution >= 0.6 is 11.3 Å². The lowest BCUT2D eigenvalue weighted by Gasteiger charge is -2.27. The smallest absolute Gasteiger partial charge is 0.294 e. The number of rotatable bonds is 5. The van der Waals surface area contributed by atoms with Crippen molar-refractivity contribution in [2.45, 2.75) is 13.0 Å². The second-order valence-corrected chi connectivity index (χ2v) is 8.82. The summed E-state index contributed by atoms with van der Waals surface area (Å²) in [6.45, 7) is 1.71.